The molecule has 2 heteroatoms. The van der Waals surface area contributed by atoms with Gasteiger partial charge in [0.25, 0.3) is 0 Å². The van der Waals surface area contributed by atoms with Gasteiger partial charge in [0, 0.05) is 6.42 Å². The number of amides is 1. The lowest BCUT2D eigenvalue weighted by Gasteiger charge is -2.06. The number of nitrogens with two attached hydrogens (primary N) is 1. The molecule has 0 aromatic rings. The number of unbranched alkanes of at least 4 members (excludes halogenated alkanes) is 1. The maximum Gasteiger partial charge on any atom is 0.217 e. The predicted octanol–water partition coefficient (Wildman–Crippen LogP) is 1.69. The molecule has 0 unspecified atom stereocenters. The van der Waals surface area contributed by atoms with Crippen LogP contribution < -0.4 is 5.73 Å². The zero-order valence-corrected chi connectivity index (χ0v) is 6.89. The standard InChI is InChI=1S/C8H17NO/c1-3-4-5-7(2)6-8(9)10/h7H,3-6H2,1-2H3,(H2,9,10)/t7-/m0/s1. The molecule has 0 heterocycles. The van der Waals surface area contributed by atoms with Gasteiger partial charge in [-0.15, -0.1) is 0 Å². The zero-order chi connectivity index (χ0) is 7.98. The summed E-state index contributed by atoms with van der Waals surface area (Å²) in [5.74, 6) is 0.293. The minimum absolute atomic E-state index is 0.177. The van der Waals surface area contributed by atoms with E-state index in [-0.39, 0.29) is 5.91 Å². The molecule has 1 amide bonds. The van der Waals surface area contributed by atoms with Crippen molar-refractivity contribution in [2.45, 2.75) is 39.5 Å². The minimum atomic E-state index is -0.177. The third-order valence-corrected chi connectivity index (χ3v) is 1.60. The van der Waals surface area contributed by atoms with Crippen LogP contribution in [-0.2, 0) is 4.79 Å². The molecule has 1 atom stereocenters. The van der Waals surface area contributed by atoms with E-state index >= 15 is 0 Å². The van der Waals surface area contributed by atoms with Gasteiger partial charge in [-0.2, -0.15) is 0 Å². The lowest BCUT2D eigenvalue weighted by Crippen LogP contribution is -2.14. The van der Waals surface area contributed by atoms with Crippen LogP contribution in [0.3, 0.4) is 0 Å². The Kier molecular flexibility index (Phi) is 4.99. The van der Waals surface area contributed by atoms with E-state index in [1.807, 2.05) is 0 Å². The van der Waals surface area contributed by atoms with Crippen molar-refractivity contribution in [1.82, 2.24) is 0 Å². The van der Waals surface area contributed by atoms with Gasteiger partial charge in [0.1, 0.15) is 0 Å². The Morgan fingerprint density at radius 3 is 2.60 bits per heavy atom. The Labute approximate surface area is 62.8 Å². The maximum atomic E-state index is 10.4. The van der Waals surface area contributed by atoms with Crippen molar-refractivity contribution in [3.05, 3.63) is 0 Å². The third kappa shape index (κ3) is 5.60. The summed E-state index contributed by atoms with van der Waals surface area (Å²) in [6.07, 6.45) is 4.07. The van der Waals surface area contributed by atoms with E-state index in [0.29, 0.717) is 12.3 Å². The molecule has 0 radical (unpaired) electrons. The molecule has 2 N–H and O–H groups in total. The Morgan fingerprint density at radius 2 is 2.20 bits per heavy atom. The molecule has 0 aliphatic carbocycles. The van der Waals surface area contributed by atoms with Gasteiger partial charge < -0.3 is 5.73 Å². The summed E-state index contributed by atoms with van der Waals surface area (Å²) >= 11 is 0. The van der Waals surface area contributed by atoms with E-state index in [0.717, 1.165) is 6.42 Å². The lowest BCUT2D eigenvalue weighted by molar-refractivity contribution is -0.118. The van der Waals surface area contributed by atoms with Gasteiger partial charge in [0.05, 0.1) is 0 Å². The van der Waals surface area contributed by atoms with Crippen LogP contribution in [0.5, 0.6) is 0 Å². The van der Waals surface area contributed by atoms with Crippen molar-refractivity contribution in [2.24, 2.45) is 11.7 Å². The van der Waals surface area contributed by atoms with Gasteiger partial charge in [-0.3, -0.25) is 4.79 Å². The van der Waals surface area contributed by atoms with Gasteiger partial charge in [-0.05, 0) is 5.92 Å². The molecule has 0 saturated heterocycles. The number of rotatable bonds is 5. The smallest absolute Gasteiger partial charge is 0.217 e. The van der Waals surface area contributed by atoms with E-state index in [4.69, 9.17) is 5.73 Å². The minimum Gasteiger partial charge on any atom is -0.370 e. The second-order valence-electron chi connectivity index (χ2n) is 2.92. The first-order valence-corrected chi connectivity index (χ1v) is 3.95. The Hall–Kier alpha value is -0.530. The van der Waals surface area contributed by atoms with Crippen LogP contribution in [0.1, 0.15) is 39.5 Å². The molecular formula is C8H17NO. The maximum absolute atomic E-state index is 10.4. The van der Waals surface area contributed by atoms with Crippen LogP contribution in [0.25, 0.3) is 0 Å². The summed E-state index contributed by atoms with van der Waals surface area (Å²) in [4.78, 5) is 10.4. The third-order valence-electron chi connectivity index (χ3n) is 1.60. The normalized spacial score (nSPS) is 13.0. The van der Waals surface area contributed by atoms with Crippen LogP contribution in [-0.4, -0.2) is 5.91 Å². The summed E-state index contributed by atoms with van der Waals surface area (Å²) in [5, 5.41) is 0. The average molecular weight is 143 g/mol. The fourth-order valence-electron chi connectivity index (χ4n) is 0.998. The number of hydrogen-bond donors (Lipinski definition) is 1. The molecule has 0 fully saturated rings. The fourth-order valence-corrected chi connectivity index (χ4v) is 0.998. The largest absolute Gasteiger partial charge is 0.370 e. The van der Waals surface area contributed by atoms with Crippen molar-refractivity contribution in [1.29, 1.82) is 0 Å². The first-order valence-electron chi connectivity index (χ1n) is 3.95. The Morgan fingerprint density at radius 1 is 1.60 bits per heavy atom. The van der Waals surface area contributed by atoms with Crippen molar-refractivity contribution >= 4 is 5.91 Å². The van der Waals surface area contributed by atoms with Crippen LogP contribution in [0.4, 0.5) is 0 Å². The second-order valence-corrected chi connectivity index (χ2v) is 2.92. The van der Waals surface area contributed by atoms with Crippen molar-refractivity contribution < 1.29 is 4.79 Å². The van der Waals surface area contributed by atoms with Gasteiger partial charge in [0.15, 0.2) is 0 Å². The SMILES string of the molecule is CCCC[C@H](C)CC(N)=O. The predicted molar refractivity (Wildman–Crippen MR) is 42.5 cm³/mol. The molecule has 0 aliphatic heterocycles. The van der Waals surface area contributed by atoms with E-state index in [1.165, 1.54) is 12.8 Å². The van der Waals surface area contributed by atoms with Gasteiger partial charge in [0.2, 0.25) is 5.91 Å². The number of hydrogen-bond acceptors (Lipinski definition) is 1. The molecule has 0 aromatic heterocycles. The first kappa shape index (κ1) is 9.47. The van der Waals surface area contributed by atoms with Gasteiger partial charge in [-0.25, -0.2) is 0 Å². The highest BCUT2D eigenvalue weighted by Gasteiger charge is 2.03. The number of primary amides is 1. The van der Waals surface area contributed by atoms with Gasteiger partial charge >= 0.3 is 0 Å². The van der Waals surface area contributed by atoms with Crippen molar-refractivity contribution in [3.63, 3.8) is 0 Å². The number of carbonyl (C=O) groups excluding carboxylic acids is 1. The quantitative estimate of drug-likeness (QED) is 0.625. The molecule has 10 heavy (non-hydrogen) atoms. The Bertz CT molecular complexity index is 101. The Balaban J connectivity index is 3.25. The lowest BCUT2D eigenvalue weighted by atomic mass is 10.0. The van der Waals surface area contributed by atoms with E-state index in [2.05, 4.69) is 13.8 Å². The summed E-state index contributed by atoms with van der Waals surface area (Å²) in [5.41, 5.74) is 5.03. The summed E-state index contributed by atoms with van der Waals surface area (Å²) in [6.45, 7) is 4.22. The average Bonchev–Trinajstić information content (AvgIpc) is 1.82. The molecule has 0 aromatic carbocycles. The number of carbonyl (C=O) groups is 1. The highest BCUT2D eigenvalue weighted by Crippen LogP contribution is 2.10. The summed E-state index contributed by atoms with van der Waals surface area (Å²) in [6, 6.07) is 0. The van der Waals surface area contributed by atoms with Crippen LogP contribution in [0.2, 0.25) is 0 Å². The van der Waals surface area contributed by atoms with Crippen LogP contribution in [0, 0.1) is 5.92 Å². The molecule has 2 nitrogen and oxygen atoms in total. The molecule has 0 bridgehead atoms. The molecule has 0 rings (SSSR count). The van der Waals surface area contributed by atoms with Crippen LogP contribution >= 0.6 is 0 Å². The first-order chi connectivity index (χ1) is 4.66. The highest BCUT2D eigenvalue weighted by molar-refractivity contribution is 5.73. The topological polar surface area (TPSA) is 43.1 Å². The summed E-state index contributed by atoms with van der Waals surface area (Å²) < 4.78 is 0. The van der Waals surface area contributed by atoms with Crippen molar-refractivity contribution in [2.75, 3.05) is 0 Å². The second kappa shape index (κ2) is 5.27. The fraction of sp³-hybridized carbons (Fsp3) is 0.875. The van der Waals surface area contributed by atoms with Crippen LogP contribution in [0.15, 0.2) is 0 Å². The molecule has 0 spiro atoms. The monoisotopic (exact) mass is 143 g/mol. The van der Waals surface area contributed by atoms with Crippen molar-refractivity contribution in [3.8, 4) is 0 Å². The van der Waals surface area contributed by atoms with Gasteiger partial charge in [-0.1, -0.05) is 33.1 Å². The highest BCUT2D eigenvalue weighted by atomic mass is 16.1. The molecule has 0 saturated carbocycles. The van der Waals surface area contributed by atoms with E-state index < -0.39 is 0 Å². The zero-order valence-electron chi connectivity index (χ0n) is 6.89. The molecule has 0 aliphatic rings. The molecule has 60 valence electrons. The molecular weight excluding hydrogens is 126 g/mol. The van der Waals surface area contributed by atoms with E-state index in [9.17, 15) is 4.79 Å². The summed E-state index contributed by atoms with van der Waals surface area (Å²) in [7, 11) is 0. The van der Waals surface area contributed by atoms with E-state index in [1.54, 1.807) is 0 Å².